The molecule has 0 fully saturated rings. The number of fused-ring (bicyclic) bond motifs is 1. The van der Waals surface area contributed by atoms with Crippen molar-refractivity contribution >= 4 is 32.5 Å². The maximum absolute atomic E-state index is 12.6. The van der Waals surface area contributed by atoms with E-state index in [2.05, 4.69) is 30.7 Å². The molecule has 2 N–H and O–H groups in total. The van der Waals surface area contributed by atoms with Crippen molar-refractivity contribution in [3.63, 3.8) is 0 Å². The second-order valence-electron chi connectivity index (χ2n) is 9.00. The minimum absolute atomic E-state index is 0.0201. The van der Waals surface area contributed by atoms with Crippen LogP contribution < -0.4 is 10.6 Å². The number of pyridine rings is 4. The van der Waals surface area contributed by atoms with Crippen LogP contribution in [0.3, 0.4) is 0 Å². The summed E-state index contributed by atoms with van der Waals surface area (Å²) in [5, 5.41) is 11.1. The molecule has 0 aliphatic carbocycles. The van der Waals surface area contributed by atoms with Crippen LogP contribution in [0.5, 0.6) is 0 Å². The molecule has 5 aromatic heterocycles. The molecule has 0 aromatic carbocycles. The van der Waals surface area contributed by atoms with E-state index in [0.29, 0.717) is 29.1 Å². The fraction of sp³-hybridized carbons (Fsp3) is 0.192. The number of hydrogen-bond acceptors (Lipinski definition) is 10. The standard InChI is InChI=1S/C26H25N9O3S/c1-17(14-35-16-28-15-31-35)32-25-5-3-4-22(34-25)23-7-6-18-11-29-20(9-24(18)33-23)12-30-26(36)19-8-21(13-27-10-19)39(2,37)38/h3-11,13,15-17H,12,14H2,1-2H3,(H,30,36)(H,32,34)/t17-/m1/s1. The quantitative estimate of drug-likeness (QED) is 0.283. The van der Waals surface area contributed by atoms with E-state index < -0.39 is 15.7 Å². The molecule has 5 rings (SSSR count). The van der Waals surface area contributed by atoms with Crippen molar-refractivity contribution in [2.75, 3.05) is 11.6 Å². The molecule has 198 valence electrons. The van der Waals surface area contributed by atoms with Crippen molar-refractivity contribution in [3.8, 4) is 11.4 Å². The molecule has 13 heteroatoms. The molecule has 1 amide bonds. The van der Waals surface area contributed by atoms with Gasteiger partial charge in [-0.1, -0.05) is 6.07 Å². The summed E-state index contributed by atoms with van der Waals surface area (Å²) < 4.78 is 25.3. The van der Waals surface area contributed by atoms with Gasteiger partial charge in [0, 0.05) is 36.3 Å². The van der Waals surface area contributed by atoms with Crippen LogP contribution in [0.15, 0.2) is 78.6 Å². The Bertz CT molecular complexity index is 1740. The predicted molar refractivity (Wildman–Crippen MR) is 144 cm³/mol. The Morgan fingerprint density at radius 2 is 1.87 bits per heavy atom. The second kappa shape index (κ2) is 10.9. The number of nitrogens with one attached hydrogen (secondary N) is 2. The lowest BCUT2D eigenvalue weighted by molar-refractivity contribution is 0.0950. The monoisotopic (exact) mass is 543 g/mol. The van der Waals surface area contributed by atoms with E-state index in [0.717, 1.165) is 17.5 Å². The Hall–Kier alpha value is -4.78. The van der Waals surface area contributed by atoms with E-state index in [9.17, 15) is 13.2 Å². The van der Waals surface area contributed by atoms with Gasteiger partial charge in [-0.15, -0.1) is 0 Å². The third-order valence-corrected chi connectivity index (χ3v) is 6.88. The van der Waals surface area contributed by atoms with E-state index in [1.807, 2.05) is 37.3 Å². The molecule has 0 spiro atoms. The average molecular weight is 544 g/mol. The van der Waals surface area contributed by atoms with E-state index in [1.165, 1.54) is 24.8 Å². The van der Waals surface area contributed by atoms with Crippen LogP contribution in [0.2, 0.25) is 0 Å². The van der Waals surface area contributed by atoms with Gasteiger partial charge in [-0.25, -0.2) is 23.4 Å². The Kier molecular flexibility index (Phi) is 7.23. The van der Waals surface area contributed by atoms with Gasteiger partial charge >= 0.3 is 0 Å². The van der Waals surface area contributed by atoms with Crippen molar-refractivity contribution in [2.24, 2.45) is 0 Å². The van der Waals surface area contributed by atoms with Gasteiger partial charge in [0.15, 0.2) is 9.84 Å². The van der Waals surface area contributed by atoms with Gasteiger partial charge in [-0.3, -0.25) is 19.4 Å². The maximum Gasteiger partial charge on any atom is 0.253 e. The van der Waals surface area contributed by atoms with Crippen LogP contribution in [0.4, 0.5) is 5.82 Å². The van der Waals surface area contributed by atoms with Gasteiger partial charge in [0.05, 0.1) is 46.1 Å². The van der Waals surface area contributed by atoms with Crippen LogP contribution in [-0.2, 0) is 22.9 Å². The molecular formula is C26H25N9O3S. The summed E-state index contributed by atoms with van der Waals surface area (Å²) in [5.74, 6) is 0.262. The first-order valence-electron chi connectivity index (χ1n) is 12.0. The first-order valence-corrected chi connectivity index (χ1v) is 13.9. The molecule has 0 saturated carbocycles. The Balaban J connectivity index is 1.29. The van der Waals surface area contributed by atoms with Crippen molar-refractivity contribution in [3.05, 3.63) is 85.0 Å². The topological polar surface area (TPSA) is 158 Å². The molecule has 39 heavy (non-hydrogen) atoms. The summed E-state index contributed by atoms with van der Waals surface area (Å²) >= 11 is 0. The summed E-state index contributed by atoms with van der Waals surface area (Å²) in [6.07, 6.45) is 8.45. The predicted octanol–water partition coefficient (Wildman–Crippen LogP) is 2.51. The zero-order valence-electron chi connectivity index (χ0n) is 21.2. The number of rotatable bonds is 9. The van der Waals surface area contributed by atoms with Gasteiger partial charge in [0.1, 0.15) is 18.5 Å². The first kappa shape index (κ1) is 25.9. The fourth-order valence-corrected chi connectivity index (χ4v) is 4.47. The van der Waals surface area contributed by atoms with Gasteiger partial charge in [-0.05, 0) is 43.3 Å². The number of anilines is 1. The number of aromatic nitrogens is 7. The summed E-state index contributed by atoms with van der Waals surface area (Å²) in [6.45, 7) is 2.81. The number of amides is 1. The third-order valence-electron chi connectivity index (χ3n) is 5.80. The molecule has 1 atom stereocenters. The smallest absolute Gasteiger partial charge is 0.253 e. The molecule has 5 aromatic rings. The van der Waals surface area contributed by atoms with E-state index in [-0.39, 0.29) is 23.0 Å². The second-order valence-corrected chi connectivity index (χ2v) is 11.0. The van der Waals surface area contributed by atoms with Gasteiger partial charge in [0.2, 0.25) is 0 Å². The fourth-order valence-electron chi connectivity index (χ4n) is 3.88. The van der Waals surface area contributed by atoms with Crippen molar-refractivity contribution in [2.45, 2.75) is 31.0 Å². The number of sulfone groups is 1. The highest BCUT2D eigenvalue weighted by molar-refractivity contribution is 7.90. The summed E-state index contributed by atoms with van der Waals surface area (Å²) in [7, 11) is -3.47. The molecule has 5 heterocycles. The Morgan fingerprint density at radius 3 is 2.67 bits per heavy atom. The molecular weight excluding hydrogens is 518 g/mol. The minimum atomic E-state index is -3.47. The van der Waals surface area contributed by atoms with E-state index in [4.69, 9.17) is 9.97 Å². The number of nitrogens with zero attached hydrogens (tertiary/aromatic N) is 7. The lowest BCUT2D eigenvalue weighted by atomic mass is 10.2. The zero-order chi connectivity index (χ0) is 27.4. The molecule has 0 unspecified atom stereocenters. The average Bonchev–Trinajstić information content (AvgIpc) is 3.44. The van der Waals surface area contributed by atoms with Crippen LogP contribution >= 0.6 is 0 Å². The highest BCUT2D eigenvalue weighted by Gasteiger charge is 2.13. The van der Waals surface area contributed by atoms with E-state index >= 15 is 0 Å². The highest BCUT2D eigenvalue weighted by Crippen LogP contribution is 2.21. The Morgan fingerprint density at radius 1 is 1.03 bits per heavy atom. The largest absolute Gasteiger partial charge is 0.366 e. The molecule has 0 aliphatic rings. The van der Waals surface area contributed by atoms with Crippen LogP contribution in [0.25, 0.3) is 22.3 Å². The summed E-state index contributed by atoms with van der Waals surface area (Å²) in [4.78, 5) is 34.3. The molecule has 0 bridgehead atoms. The molecule has 0 radical (unpaired) electrons. The highest BCUT2D eigenvalue weighted by atomic mass is 32.2. The summed E-state index contributed by atoms with van der Waals surface area (Å²) in [5.41, 5.74) is 2.85. The van der Waals surface area contributed by atoms with Crippen molar-refractivity contribution in [1.29, 1.82) is 0 Å². The van der Waals surface area contributed by atoms with Gasteiger partial charge < -0.3 is 10.6 Å². The number of carbonyl (C=O) groups excluding carboxylic acids is 1. The normalized spacial score (nSPS) is 12.3. The molecule has 0 saturated heterocycles. The first-order chi connectivity index (χ1) is 18.7. The number of hydrogen-bond donors (Lipinski definition) is 2. The van der Waals surface area contributed by atoms with Gasteiger partial charge in [0.25, 0.3) is 5.91 Å². The van der Waals surface area contributed by atoms with Crippen molar-refractivity contribution in [1.82, 2.24) is 40.0 Å². The SMILES string of the molecule is C[C@H](Cn1cncn1)Nc1cccc(-c2ccc3cnc(CNC(=O)c4cncc(S(C)(=O)=O)c4)cc3n2)n1. The maximum atomic E-state index is 12.6. The molecule has 0 aliphatic heterocycles. The van der Waals surface area contributed by atoms with E-state index in [1.54, 1.807) is 23.3 Å². The number of carbonyl (C=O) groups is 1. The zero-order valence-corrected chi connectivity index (χ0v) is 22.0. The van der Waals surface area contributed by atoms with Crippen molar-refractivity contribution < 1.29 is 13.2 Å². The molecule has 12 nitrogen and oxygen atoms in total. The van der Waals surface area contributed by atoms with Gasteiger partial charge in [-0.2, -0.15) is 5.10 Å². The Labute approximate surface area is 224 Å². The minimum Gasteiger partial charge on any atom is -0.366 e. The third kappa shape index (κ3) is 6.38. The lowest BCUT2D eigenvalue weighted by Crippen LogP contribution is -2.23. The van der Waals surface area contributed by atoms with Crippen LogP contribution in [0.1, 0.15) is 23.0 Å². The van der Waals surface area contributed by atoms with Crippen LogP contribution in [0, 0.1) is 0 Å². The van der Waals surface area contributed by atoms with Crippen LogP contribution in [-0.4, -0.2) is 61.3 Å². The summed E-state index contributed by atoms with van der Waals surface area (Å²) in [6, 6.07) is 12.7. The lowest BCUT2D eigenvalue weighted by Gasteiger charge is -2.15.